The number of hydrogen-bond acceptors (Lipinski definition) is 6. The minimum Gasteiger partial charge on any atom is -0.464 e. The molecule has 1 fully saturated rings. The topological polar surface area (TPSA) is 80.7 Å². The molecular weight excluding hydrogens is 394 g/mol. The maximum absolute atomic E-state index is 12.8. The van der Waals surface area contributed by atoms with E-state index in [-0.39, 0.29) is 12.1 Å². The third-order valence-electron chi connectivity index (χ3n) is 4.77. The number of aromatic nitrogens is 1. The van der Waals surface area contributed by atoms with Crippen LogP contribution in [0.15, 0.2) is 39.4 Å². The molecule has 1 amide bonds. The highest BCUT2D eigenvalue weighted by atomic mass is 35.5. The smallest absolute Gasteiger partial charge is 0.411 e. The highest BCUT2D eigenvalue weighted by molar-refractivity contribution is 6.31. The molecule has 0 spiro atoms. The van der Waals surface area contributed by atoms with Crippen LogP contribution in [0.5, 0.6) is 0 Å². The molecule has 0 radical (unpaired) electrons. The Balaban J connectivity index is 1.77. The van der Waals surface area contributed by atoms with Crippen molar-refractivity contribution in [3.8, 4) is 11.3 Å². The van der Waals surface area contributed by atoms with Crippen molar-refractivity contribution in [1.29, 1.82) is 0 Å². The Labute approximate surface area is 174 Å². The van der Waals surface area contributed by atoms with Gasteiger partial charge in [0.25, 0.3) is 0 Å². The van der Waals surface area contributed by atoms with Gasteiger partial charge >= 0.3 is 6.09 Å². The van der Waals surface area contributed by atoms with Gasteiger partial charge in [-0.3, -0.25) is 4.90 Å². The van der Waals surface area contributed by atoms with Crippen molar-refractivity contribution in [3.63, 3.8) is 0 Å². The first-order valence-electron chi connectivity index (χ1n) is 9.60. The number of rotatable bonds is 2. The number of piperazine rings is 1. The number of furan rings is 1. The van der Waals surface area contributed by atoms with E-state index >= 15 is 0 Å². The number of carbonyl (C=O) groups is 1. The molecule has 1 aliphatic rings. The normalized spacial score (nSPS) is 20.2. The Kier molecular flexibility index (Phi) is 5.04. The van der Waals surface area contributed by atoms with E-state index in [9.17, 15) is 4.79 Å². The van der Waals surface area contributed by atoms with Crippen LogP contribution in [0.25, 0.3) is 22.4 Å². The van der Waals surface area contributed by atoms with Crippen LogP contribution in [0.2, 0.25) is 5.02 Å². The van der Waals surface area contributed by atoms with Crippen molar-refractivity contribution in [1.82, 2.24) is 15.2 Å². The standard InChI is InChI=1S/C21H24ClN3O4/c1-12-17(25(8-7-23-12)20(26)29-21(2,3)4)19-24-15-11-13(22)10-14(18(15)28-19)16-6-5-9-27-16/h5-6,9-12,17,23H,7-8H2,1-4H3/t12?,17-/m0/s1. The van der Waals surface area contributed by atoms with E-state index in [4.69, 9.17) is 25.2 Å². The molecule has 0 aliphatic carbocycles. The summed E-state index contributed by atoms with van der Waals surface area (Å²) in [6, 6.07) is 6.70. The van der Waals surface area contributed by atoms with Crippen molar-refractivity contribution in [2.45, 2.75) is 45.4 Å². The van der Waals surface area contributed by atoms with Crippen LogP contribution < -0.4 is 5.32 Å². The van der Waals surface area contributed by atoms with E-state index in [2.05, 4.69) is 10.3 Å². The van der Waals surface area contributed by atoms with Gasteiger partial charge < -0.3 is 18.9 Å². The lowest BCUT2D eigenvalue weighted by molar-refractivity contribution is 0.00267. The van der Waals surface area contributed by atoms with Crippen molar-refractivity contribution in [3.05, 3.63) is 41.4 Å². The molecule has 7 nitrogen and oxygen atoms in total. The maximum Gasteiger partial charge on any atom is 0.411 e. The fourth-order valence-electron chi connectivity index (χ4n) is 3.56. The molecule has 1 aliphatic heterocycles. The van der Waals surface area contributed by atoms with Gasteiger partial charge in [0.15, 0.2) is 5.58 Å². The van der Waals surface area contributed by atoms with E-state index in [1.165, 1.54) is 0 Å². The van der Waals surface area contributed by atoms with Gasteiger partial charge in [-0.25, -0.2) is 9.78 Å². The second kappa shape index (κ2) is 7.39. The molecule has 1 N–H and O–H groups in total. The van der Waals surface area contributed by atoms with Gasteiger partial charge in [0, 0.05) is 24.2 Å². The quantitative estimate of drug-likeness (QED) is 0.631. The molecule has 2 atom stereocenters. The second-order valence-electron chi connectivity index (χ2n) is 8.19. The molecule has 3 heterocycles. The zero-order valence-corrected chi connectivity index (χ0v) is 17.6. The zero-order chi connectivity index (χ0) is 20.8. The molecule has 3 aromatic rings. The zero-order valence-electron chi connectivity index (χ0n) is 16.9. The van der Waals surface area contributed by atoms with Gasteiger partial charge in [0.1, 0.15) is 22.9 Å². The molecule has 4 rings (SSSR count). The third kappa shape index (κ3) is 3.97. The number of ether oxygens (including phenoxy) is 1. The molecule has 2 aromatic heterocycles. The summed E-state index contributed by atoms with van der Waals surface area (Å²) in [6.07, 6.45) is 1.21. The van der Waals surface area contributed by atoms with Gasteiger partial charge in [-0.1, -0.05) is 11.6 Å². The van der Waals surface area contributed by atoms with Crippen LogP contribution in [0.4, 0.5) is 4.79 Å². The first kappa shape index (κ1) is 19.8. The van der Waals surface area contributed by atoms with Crippen molar-refractivity contribution in [2.75, 3.05) is 13.1 Å². The van der Waals surface area contributed by atoms with Crippen LogP contribution in [-0.2, 0) is 4.74 Å². The summed E-state index contributed by atoms with van der Waals surface area (Å²) < 4.78 is 17.3. The number of carbonyl (C=O) groups excluding carboxylic acids is 1. The van der Waals surface area contributed by atoms with E-state index in [0.29, 0.717) is 40.9 Å². The van der Waals surface area contributed by atoms with Crippen molar-refractivity contribution >= 4 is 28.8 Å². The molecule has 0 bridgehead atoms. The molecule has 1 unspecified atom stereocenters. The minimum atomic E-state index is -0.586. The van der Waals surface area contributed by atoms with Gasteiger partial charge in [0.05, 0.1) is 11.8 Å². The Morgan fingerprint density at radius 2 is 2.17 bits per heavy atom. The largest absolute Gasteiger partial charge is 0.464 e. The van der Waals surface area contributed by atoms with Crippen LogP contribution in [-0.4, -0.2) is 40.7 Å². The molecule has 0 saturated carbocycles. The van der Waals surface area contributed by atoms with Gasteiger partial charge in [-0.05, 0) is 52.0 Å². The molecule has 1 aromatic carbocycles. The lowest BCUT2D eigenvalue weighted by Gasteiger charge is -2.39. The highest BCUT2D eigenvalue weighted by Gasteiger charge is 2.38. The number of halogens is 1. The summed E-state index contributed by atoms with van der Waals surface area (Å²) in [5.74, 6) is 1.07. The monoisotopic (exact) mass is 417 g/mol. The first-order chi connectivity index (χ1) is 13.7. The van der Waals surface area contributed by atoms with Gasteiger partial charge in [-0.2, -0.15) is 0 Å². The Morgan fingerprint density at radius 3 is 2.86 bits per heavy atom. The van der Waals surface area contributed by atoms with Crippen molar-refractivity contribution in [2.24, 2.45) is 0 Å². The lowest BCUT2D eigenvalue weighted by Crippen LogP contribution is -2.54. The predicted octanol–water partition coefficient (Wildman–Crippen LogP) is 5.01. The fourth-order valence-corrected chi connectivity index (χ4v) is 3.78. The first-order valence-corrected chi connectivity index (χ1v) is 9.97. The summed E-state index contributed by atoms with van der Waals surface area (Å²) in [6.45, 7) is 8.71. The number of amides is 1. The molecule has 8 heteroatoms. The maximum atomic E-state index is 12.8. The molecule has 154 valence electrons. The van der Waals surface area contributed by atoms with Crippen LogP contribution in [0.3, 0.4) is 0 Å². The number of fused-ring (bicyclic) bond motifs is 1. The summed E-state index contributed by atoms with van der Waals surface area (Å²) in [5, 5.41) is 3.91. The van der Waals surface area contributed by atoms with Crippen LogP contribution in [0, 0.1) is 0 Å². The number of oxazole rings is 1. The summed E-state index contributed by atoms with van der Waals surface area (Å²) >= 11 is 6.30. The number of hydrogen-bond donors (Lipinski definition) is 1. The average molecular weight is 418 g/mol. The minimum absolute atomic E-state index is 0.0631. The Morgan fingerprint density at radius 1 is 1.38 bits per heavy atom. The van der Waals surface area contributed by atoms with E-state index in [0.717, 1.165) is 5.56 Å². The van der Waals surface area contributed by atoms with Crippen LogP contribution in [0.1, 0.15) is 39.6 Å². The van der Waals surface area contributed by atoms with Gasteiger partial charge in [-0.15, -0.1) is 0 Å². The summed E-state index contributed by atoms with van der Waals surface area (Å²) in [7, 11) is 0. The third-order valence-corrected chi connectivity index (χ3v) is 4.99. The molecule has 29 heavy (non-hydrogen) atoms. The number of nitrogens with one attached hydrogen (secondary N) is 1. The predicted molar refractivity (Wildman–Crippen MR) is 110 cm³/mol. The average Bonchev–Trinajstić information content (AvgIpc) is 3.28. The van der Waals surface area contributed by atoms with E-state index in [1.807, 2.05) is 33.8 Å². The number of nitrogens with zero attached hydrogens (tertiary/aromatic N) is 2. The second-order valence-corrected chi connectivity index (χ2v) is 8.63. The SMILES string of the molecule is CC1NCCN(C(=O)OC(C)(C)C)[C@@H]1c1nc2cc(Cl)cc(-c3ccco3)c2o1. The van der Waals surface area contributed by atoms with Crippen LogP contribution >= 0.6 is 11.6 Å². The lowest BCUT2D eigenvalue weighted by atomic mass is 10.1. The molecular formula is C21H24ClN3O4. The fraction of sp³-hybridized carbons (Fsp3) is 0.429. The van der Waals surface area contributed by atoms with Gasteiger partial charge in [0.2, 0.25) is 5.89 Å². The van der Waals surface area contributed by atoms with Crippen molar-refractivity contribution < 1.29 is 18.4 Å². The Bertz CT molecular complexity index is 1020. The molecule has 1 saturated heterocycles. The van der Waals surface area contributed by atoms with E-state index < -0.39 is 11.6 Å². The highest BCUT2D eigenvalue weighted by Crippen LogP contribution is 2.36. The summed E-state index contributed by atoms with van der Waals surface area (Å²) in [5.41, 5.74) is 1.32. The van der Waals surface area contributed by atoms with E-state index in [1.54, 1.807) is 29.4 Å². The Hall–Kier alpha value is -2.51. The summed E-state index contributed by atoms with van der Waals surface area (Å²) in [4.78, 5) is 19.2. The number of benzene rings is 1.